The SMILES string of the molecule is CC(CN=c1ccc2nc3c(Cl)c4c(c(Cl)c3oc-2c1S(=O)(=O)O)Nc1ccc(NCC(C)Nc2nc(F)nc(Nc3ccccc3S(=O)(=O)O)n2)c(S(=O)(=O)O)c1O4)Nc1nc(F)nc(Nc2ccccc2S(=O)(=O)O)n1.[Li].[Na]. The number of para-hydroxylation sites is 2. The predicted molar refractivity (Wildman–Crippen MR) is 285 cm³/mol. The summed E-state index contributed by atoms with van der Waals surface area (Å²) in [7, 11) is -19.8. The molecule has 0 spiro atoms. The molecule has 28 nitrogen and oxygen atoms in total. The molecule has 38 heteroatoms. The van der Waals surface area contributed by atoms with Crippen molar-refractivity contribution in [3.8, 4) is 23.0 Å². The van der Waals surface area contributed by atoms with Crippen LogP contribution >= 0.6 is 23.2 Å². The van der Waals surface area contributed by atoms with Gasteiger partial charge in [-0.15, -0.1) is 0 Å². The number of fused-ring (bicyclic) bond motifs is 4. The molecule has 0 amide bonds. The molecule has 2 aliphatic heterocycles. The number of hydrogen-bond acceptors (Lipinski definition) is 24. The summed E-state index contributed by atoms with van der Waals surface area (Å²) in [4.78, 5) is 28.2. The first kappa shape index (κ1) is 61.4. The van der Waals surface area contributed by atoms with E-state index in [0.717, 1.165) is 12.1 Å². The molecule has 10 N–H and O–H groups in total. The van der Waals surface area contributed by atoms with Crippen LogP contribution in [0.1, 0.15) is 13.8 Å². The number of aromatic nitrogens is 7. The minimum Gasteiger partial charge on any atom is -0.450 e. The number of rotatable bonds is 17. The fraction of sp³-hybridized carbons (Fsp3) is 0.143. The molecule has 9 rings (SSSR count). The summed E-state index contributed by atoms with van der Waals surface area (Å²) in [6, 6.07) is 13.7. The van der Waals surface area contributed by atoms with Crippen LogP contribution in [0.25, 0.3) is 22.6 Å². The molecule has 4 aromatic carbocycles. The van der Waals surface area contributed by atoms with E-state index in [1.165, 1.54) is 67.6 Å². The summed E-state index contributed by atoms with van der Waals surface area (Å²) in [5, 5.41) is 15.2. The molecule has 410 valence electrons. The summed E-state index contributed by atoms with van der Waals surface area (Å²) in [5.41, 5.74) is -1.64. The van der Waals surface area contributed by atoms with Crippen molar-refractivity contribution in [3.63, 3.8) is 0 Å². The topological polar surface area (TPSA) is 415 Å². The second-order valence-electron chi connectivity index (χ2n) is 16.5. The molecule has 80 heavy (non-hydrogen) atoms. The molecular weight excluding hydrogens is 1190 g/mol. The Morgan fingerprint density at radius 2 is 1.15 bits per heavy atom. The number of nitrogens with zero attached hydrogens (tertiary/aromatic N) is 8. The maximum atomic E-state index is 14.6. The number of ether oxygens (including phenoxy) is 1. The molecule has 4 heterocycles. The Balaban J connectivity index is 0.00000462. The van der Waals surface area contributed by atoms with Gasteiger partial charge in [0, 0.05) is 67.0 Å². The van der Waals surface area contributed by atoms with Crippen molar-refractivity contribution in [2.45, 2.75) is 45.5 Å². The number of nitrogens with one attached hydrogen (secondary N) is 6. The van der Waals surface area contributed by atoms with Crippen LogP contribution in [0.5, 0.6) is 11.5 Å². The van der Waals surface area contributed by atoms with Gasteiger partial charge in [-0.05, 0) is 62.4 Å². The summed E-state index contributed by atoms with van der Waals surface area (Å²) in [5.74, 6) is -2.97. The largest absolute Gasteiger partial charge is 0.450 e. The zero-order valence-corrected chi connectivity index (χ0v) is 47.9. The maximum Gasteiger partial charge on any atom is 0.315 e. The fourth-order valence-electron chi connectivity index (χ4n) is 7.56. The van der Waals surface area contributed by atoms with E-state index in [1.807, 2.05) is 0 Å². The predicted octanol–water partition coefficient (Wildman–Crippen LogP) is 5.76. The van der Waals surface area contributed by atoms with Crippen molar-refractivity contribution in [1.82, 2.24) is 34.9 Å². The quantitative estimate of drug-likeness (QED) is 0.0294. The van der Waals surface area contributed by atoms with Crippen molar-refractivity contribution in [1.29, 1.82) is 0 Å². The van der Waals surface area contributed by atoms with Gasteiger partial charge in [0.05, 0.1) is 34.7 Å². The third kappa shape index (κ3) is 13.4. The molecule has 0 bridgehead atoms. The second-order valence-corrected chi connectivity index (χ2v) is 22.7. The van der Waals surface area contributed by atoms with Crippen LogP contribution < -0.4 is 42.0 Å². The van der Waals surface area contributed by atoms with Crippen molar-refractivity contribution in [2.75, 3.05) is 45.0 Å². The number of anilines is 9. The molecule has 0 saturated carbocycles. The van der Waals surface area contributed by atoms with Crippen molar-refractivity contribution in [3.05, 3.63) is 100 Å². The minimum absolute atomic E-state index is 0. The van der Waals surface area contributed by atoms with Gasteiger partial charge < -0.3 is 41.1 Å². The van der Waals surface area contributed by atoms with Crippen LogP contribution in [0.3, 0.4) is 0 Å². The van der Waals surface area contributed by atoms with Gasteiger partial charge in [0.15, 0.2) is 32.6 Å². The van der Waals surface area contributed by atoms with E-state index in [1.54, 1.807) is 6.92 Å². The Morgan fingerprint density at radius 1 is 0.625 bits per heavy atom. The Hall–Kier alpha value is -6.20. The van der Waals surface area contributed by atoms with Crippen molar-refractivity contribution >= 4 is 175 Å². The second kappa shape index (κ2) is 23.7. The average Bonchev–Trinajstić information content (AvgIpc) is 3.42. The van der Waals surface area contributed by atoms with E-state index < -0.39 is 108 Å². The fourth-order valence-corrected chi connectivity index (χ4v) is 11.0. The first-order valence-electron chi connectivity index (χ1n) is 21.8. The van der Waals surface area contributed by atoms with Gasteiger partial charge in [0.2, 0.25) is 23.8 Å². The van der Waals surface area contributed by atoms with Crippen LogP contribution in [-0.4, -0.2) is 160 Å². The van der Waals surface area contributed by atoms with Crippen LogP contribution in [0.4, 0.5) is 61.0 Å². The van der Waals surface area contributed by atoms with Gasteiger partial charge in [-0.3, -0.25) is 23.2 Å². The van der Waals surface area contributed by atoms with Crippen LogP contribution in [0.2, 0.25) is 10.0 Å². The summed E-state index contributed by atoms with van der Waals surface area (Å²) in [6.45, 7) is 2.62. The van der Waals surface area contributed by atoms with E-state index in [0.29, 0.717) is 0 Å². The maximum absolute atomic E-state index is 14.6. The molecular formula is C42H34Cl2F2LiN14NaO14S4. The minimum atomic E-state index is -5.20. The molecule has 1 aliphatic carbocycles. The van der Waals surface area contributed by atoms with Gasteiger partial charge in [-0.25, -0.2) is 4.98 Å². The van der Waals surface area contributed by atoms with E-state index >= 15 is 0 Å². The van der Waals surface area contributed by atoms with E-state index in [-0.39, 0.29) is 140 Å². The van der Waals surface area contributed by atoms with Gasteiger partial charge in [-0.1, -0.05) is 47.5 Å². The van der Waals surface area contributed by atoms with Gasteiger partial charge in [0.25, 0.3) is 30.4 Å². The third-order valence-electron chi connectivity index (χ3n) is 10.8. The average molecular weight is 1230 g/mol. The zero-order valence-electron chi connectivity index (χ0n) is 41.1. The van der Waals surface area contributed by atoms with Crippen LogP contribution in [0, 0.1) is 12.2 Å². The molecule has 2 radical (unpaired) electrons. The Labute approximate surface area is 494 Å². The third-order valence-corrected chi connectivity index (χ3v) is 15.2. The molecule has 3 aliphatic rings. The summed E-state index contributed by atoms with van der Waals surface area (Å²) >= 11 is 13.7. The Bertz CT molecular complexity index is 4300. The van der Waals surface area contributed by atoms with E-state index in [9.17, 15) is 60.7 Å². The molecule has 6 aromatic rings. The molecule has 2 aromatic heterocycles. The number of hydrogen-bond donors (Lipinski definition) is 10. The number of halogens is 4. The smallest absolute Gasteiger partial charge is 0.315 e. The Kier molecular flexibility index (Phi) is 18.2. The first-order valence-corrected chi connectivity index (χ1v) is 28.3. The monoisotopic (exact) mass is 1220 g/mol. The van der Waals surface area contributed by atoms with Crippen LogP contribution in [0.15, 0.2) is 102 Å². The summed E-state index contributed by atoms with van der Waals surface area (Å²) in [6.07, 6.45) is -2.57. The van der Waals surface area contributed by atoms with E-state index in [2.05, 4.69) is 71.8 Å². The molecule has 2 atom stereocenters. The van der Waals surface area contributed by atoms with Crippen LogP contribution in [-0.2, 0) is 40.5 Å². The summed E-state index contributed by atoms with van der Waals surface area (Å²) < 4.78 is 181. The van der Waals surface area contributed by atoms with Gasteiger partial charge in [0.1, 0.15) is 36.7 Å². The molecule has 2 unspecified atom stereocenters. The zero-order chi connectivity index (χ0) is 56.2. The van der Waals surface area contributed by atoms with Gasteiger partial charge >= 0.3 is 22.3 Å². The van der Waals surface area contributed by atoms with Crippen molar-refractivity contribution in [2.24, 2.45) is 4.99 Å². The standard InChI is InChI=1S/C42H34Cl2F2N14O14S4.Li.Na/c1-17(49-39-55-37(45)57-41(59-39)53-19-7-3-5-9-25(19)75(61,62)63)15-47-23-13-11-21-31(35(23)77(67,68)69)73-33-27(43)30-34(28(44)29(33)51-21)74-32-22(52-30)12-14-24(36(32)78(70,71)72)48-16-18(2)50-40-56-38(46)58-42(60-40)54-20-8-4-6-10-26(20)76(64,65)66;;/h3-14,17-18,47,51H,15-16H2,1-2H3,(H,61,62,63)(H,64,65,66)(H,67,68,69)(H,70,71,72)(H2,49,53,55,57,59)(H2,50,54,56,58,60);;. The van der Waals surface area contributed by atoms with Crippen molar-refractivity contribution < 1.29 is 69.8 Å². The van der Waals surface area contributed by atoms with E-state index in [4.69, 9.17) is 32.4 Å². The molecule has 0 fully saturated rings. The van der Waals surface area contributed by atoms with Gasteiger partial charge in [-0.2, -0.15) is 72.4 Å². The first-order chi connectivity index (χ1) is 36.6. The Morgan fingerprint density at radius 3 is 1.69 bits per heavy atom. The molecule has 0 saturated heterocycles. The normalized spacial score (nSPS) is 13.3. The number of benzene rings is 5.